The first-order valence-electron chi connectivity index (χ1n) is 5.43. The standard InChI is InChI=1S/C13H10BrFN2O2/c14-11-5-9(3-4-12(11)15)17-7-10-2-1-8(6-16-10)13(18)19/h1-6,17H,7H2,(H,18,19). The van der Waals surface area contributed by atoms with Crippen molar-refractivity contribution in [1.29, 1.82) is 0 Å². The Hall–Kier alpha value is -1.95. The molecule has 0 bridgehead atoms. The van der Waals surface area contributed by atoms with Gasteiger partial charge in [-0.05, 0) is 46.3 Å². The molecule has 0 amide bonds. The van der Waals surface area contributed by atoms with Gasteiger partial charge in [-0.1, -0.05) is 0 Å². The van der Waals surface area contributed by atoms with Crippen LogP contribution in [0, 0.1) is 5.82 Å². The Labute approximate surface area is 117 Å². The zero-order valence-electron chi connectivity index (χ0n) is 9.73. The maximum atomic E-state index is 13.0. The van der Waals surface area contributed by atoms with Crippen LogP contribution in [0.5, 0.6) is 0 Å². The number of nitrogens with one attached hydrogen (secondary N) is 1. The molecule has 0 fully saturated rings. The maximum Gasteiger partial charge on any atom is 0.337 e. The van der Waals surface area contributed by atoms with E-state index in [4.69, 9.17) is 5.11 Å². The normalized spacial score (nSPS) is 10.2. The van der Waals surface area contributed by atoms with Gasteiger partial charge >= 0.3 is 5.97 Å². The minimum atomic E-state index is -1.01. The monoisotopic (exact) mass is 324 g/mol. The van der Waals surface area contributed by atoms with Crippen molar-refractivity contribution in [2.24, 2.45) is 0 Å². The van der Waals surface area contributed by atoms with E-state index in [1.165, 1.54) is 18.3 Å². The number of rotatable bonds is 4. The molecule has 0 aliphatic carbocycles. The van der Waals surface area contributed by atoms with Crippen molar-refractivity contribution < 1.29 is 14.3 Å². The number of carboxylic acid groups (broad SMARTS) is 1. The van der Waals surface area contributed by atoms with Crippen LogP contribution in [0.15, 0.2) is 41.0 Å². The average molecular weight is 325 g/mol. The number of carbonyl (C=O) groups is 1. The Morgan fingerprint density at radius 2 is 2.16 bits per heavy atom. The summed E-state index contributed by atoms with van der Waals surface area (Å²) in [7, 11) is 0. The third kappa shape index (κ3) is 3.51. The van der Waals surface area contributed by atoms with Gasteiger partial charge in [0.1, 0.15) is 5.82 Å². The maximum absolute atomic E-state index is 13.0. The topological polar surface area (TPSA) is 62.2 Å². The molecule has 0 unspecified atom stereocenters. The molecule has 19 heavy (non-hydrogen) atoms. The number of nitrogens with zero attached hydrogens (tertiary/aromatic N) is 1. The van der Waals surface area contributed by atoms with Crippen molar-refractivity contribution >= 4 is 27.6 Å². The molecule has 98 valence electrons. The minimum absolute atomic E-state index is 0.147. The molecular formula is C13H10BrFN2O2. The van der Waals surface area contributed by atoms with E-state index in [1.807, 2.05) is 0 Å². The Balaban J connectivity index is 2.01. The highest BCUT2D eigenvalue weighted by Crippen LogP contribution is 2.20. The third-order valence-corrected chi connectivity index (χ3v) is 3.07. The van der Waals surface area contributed by atoms with Gasteiger partial charge in [0.25, 0.3) is 0 Å². The molecular weight excluding hydrogens is 315 g/mol. The van der Waals surface area contributed by atoms with Crippen molar-refractivity contribution in [1.82, 2.24) is 4.98 Å². The zero-order valence-corrected chi connectivity index (χ0v) is 11.3. The molecule has 0 atom stereocenters. The fourth-order valence-electron chi connectivity index (χ4n) is 1.45. The SMILES string of the molecule is O=C(O)c1ccc(CNc2ccc(F)c(Br)c2)nc1. The highest BCUT2D eigenvalue weighted by Gasteiger charge is 2.04. The second-order valence-corrected chi connectivity index (χ2v) is 4.68. The number of hydrogen-bond acceptors (Lipinski definition) is 3. The van der Waals surface area contributed by atoms with Gasteiger partial charge in [-0.2, -0.15) is 0 Å². The molecule has 0 saturated heterocycles. The van der Waals surface area contributed by atoms with Gasteiger partial charge < -0.3 is 10.4 Å². The number of carboxylic acids is 1. The number of anilines is 1. The van der Waals surface area contributed by atoms with Crippen molar-refractivity contribution in [3.05, 3.63) is 58.1 Å². The number of aromatic carboxylic acids is 1. The molecule has 1 heterocycles. The summed E-state index contributed by atoms with van der Waals surface area (Å²) >= 11 is 3.10. The van der Waals surface area contributed by atoms with Crippen LogP contribution in [0.2, 0.25) is 0 Å². The van der Waals surface area contributed by atoms with E-state index in [0.717, 1.165) is 5.69 Å². The molecule has 2 rings (SSSR count). The summed E-state index contributed by atoms with van der Waals surface area (Å²) < 4.78 is 13.4. The van der Waals surface area contributed by atoms with Gasteiger partial charge in [0, 0.05) is 11.9 Å². The van der Waals surface area contributed by atoms with Crippen LogP contribution in [0.25, 0.3) is 0 Å². The van der Waals surface area contributed by atoms with Crippen LogP contribution in [0.3, 0.4) is 0 Å². The van der Waals surface area contributed by atoms with E-state index >= 15 is 0 Å². The van der Waals surface area contributed by atoms with Gasteiger partial charge in [0.2, 0.25) is 0 Å². The summed E-state index contributed by atoms with van der Waals surface area (Å²) in [5.74, 6) is -1.33. The molecule has 0 saturated carbocycles. The van der Waals surface area contributed by atoms with Crippen LogP contribution >= 0.6 is 15.9 Å². The summed E-state index contributed by atoms with van der Waals surface area (Å²) in [4.78, 5) is 14.7. The molecule has 6 heteroatoms. The molecule has 2 aromatic rings. The molecule has 1 aromatic heterocycles. The van der Waals surface area contributed by atoms with Gasteiger partial charge in [-0.25, -0.2) is 9.18 Å². The average Bonchev–Trinajstić information content (AvgIpc) is 2.40. The van der Waals surface area contributed by atoms with Crippen LogP contribution in [0.4, 0.5) is 10.1 Å². The molecule has 0 aliphatic rings. The predicted octanol–water partition coefficient (Wildman–Crippen LogP) is 3.29. The molecule has 0 aliphatic heterocycles. The van der Waals surface area contributed by atoms with Gasteiger partial charge in [0.15, 0.2) is 0 Å². The highest BCUT2D eigenvalue weighted by molar-refractivity contribution is 9.10. The second-order valence-electron chi connectivity index (χ2n) is 3.83. The summed E-state index contributed by atoms with van der Waals surface area (Å²) in [5, 5.41) is 11.8. The number of halogens is 2. The van der Waals surface area contributed by atoms with Gasteiger partial charge in [0.05, 0.1) is 22.3 Å². The van der Waals surface area contributed by atoms with E-state index in [9.17, 15) is 9.18 Å². The lowest BCUT2D eigenvalue weighted by Gasteiger charge is -2.07. The first-order chi connectivity index (χ1) is 9.06. The van der Waals surface area contributed by atoms with Crippen molar-refractivity contribution in [2.45, 2.75) is 6.54 Å². The Morgan fingerprint density at radius 3 is 2.74 bits per heavy atom. The largest absolute Gasteiger partial charge is 0.478 e. The Bertz CT molecular complexity index is 602. The smallest absolute Gasteiger partial charge is 0.337 e. The summed E-state index contributed by atoms with van der Waals surface area (Å²) in [6.07, 6.45) is 1.31. The zero-order chi connectivity index (χ0) is 13.8. The first-order valence-corrected chi connectivity index (χ1v) is 6.22. The fraction of sp³-hybridized carbons (Fsp3) is 0.0769. The number of pyridine rings is 1. The number of aromatic nitrogens is 1. The second kappa shape index (κ2) is 5.79. The third-order valence-electron chi connectivity index (χ3n) is 2.46. The highest BCUT2D eigenvalue weighted by atomic mass is 79.9. The van der Waals surface area contributed by atoms with Crippen LogP contribution < -0.4 is 5.32 Å². The van der Waals surface area contributed by atoms with E-state index in [0.29, 0.717) is 16.7 Å². The van der Waals surface area contributed by atoms with E-state index < -0.39 is 5.97 Å². The van der Waals surface area contributed by atoms with Crippen LogP contribution in [-0.2, 0) is 6.54 Å². The molecule has 4 nitrogen and oxygen atoms in total. The number of hydrogen-bond donors (Lipinski definition) is 2. The fourth-order valence-corrected chi connectivity index (χ4v) is 1.83. The van der Waals surface area contributed by atoms with Crippen molar-refractivity contribution in [2.75, 3.05) is 5.32 Å². The Morgan fingerprint density at radius 1 is 1.37 bits per heavy atom. The van der Waals surface area contributed by atoms with Crippen molar-refractivity contribution in [3.8, 4) is 0 Å². The summed E-state index contributed by atoms with van der Waals surface area (Å²) in [6, 6.07) is 7.72. The molecule has 0 radical (unpaired) electrons. The molecule has 2 N–H and O–H groups in total. The Kier molecular flexibility index (Phi) is 4.11. The van der Waals surface area contributed by atoms with E-state index in [2.05, 4.69) is 26.2 Å². The van der Waals surface area contributed by atoms with Gasteiger partial charge in [-0.15, -0.1) is 0 Å². The van der Waals surface area contributed by atoms with E-state index in [1.54, 1.807) is 18.2 Å². The van der Waals surface area contributed by atoms with Crippen LogP contribution in [0.1, 0.15) is 16.1 Å². The number of benzene rings is 1. The summed E-state index contributed by atoms with van der Waals surface area (Å²) in [6.45, 7) is 0.429. The predicted molar refractivity (Wildman–Crippen MR) is 72.6 cm³/mol. The lowest BCUT2D eigenvalue weighted by molar-refractivity contribution is 0.0696. The molecule has 1 aromatic carbocycles. The minimum Gasteiger partial charge on any atom is -0.478 e. The first kappa shape index (κ1) is 13.5. The van der Waals surface area contributed by atoms with E-state index in [-0.39, 0.29) is 11.4 Å². The lowest BCUT2D eigenvalue weighted by atomic mass is 10.2. The van der Waals surface area contributed by atoms with Crippen molar-refractivity contribution in [3.63, 3.8) is 0 Å². The van der Waals surface area contributed by atoms with Gasteiger partial charge in [-0.3, -0.25) is 4.98 Å². The van der Waals surface area contributed by atoms with Crippen LogP contribution in [-0.4, -0.2) is 16.1 Å². The lowest BCUT2D eigenvalue weighted by Crippen LogP contribution is -2.03. The molecule has 0 spiro atoms. The summed E-state index contributed by atoms with van der Waals surface area (Å²) in [5.41, 5.74) is 1.59. The quantitative estimate of drug-likeness (QED) is 0.905.